The molecular formula is C17H25NO5. The van der Waals surface area contributed by atoms with Crippen molar-refractivity contribution in [2.24, 2.45) is 0 Å². The maximum Gasteiger partial charge on any atom is 0.329 e. The highest BCUT2D eigenvalue weighted by molar-refractivity contribution is 5.98. The molecule has 1 rings (SSSR count). The molecule has 1 atom stereocenters. The first-order chi connectivity index (χ1) is 10.7. The van der Waals surface area contributed by atoms with Crippen molar-refractivity contribution in [2.45, 2.75) is 52.2 Å². The Morgan fingerprint density at radius 3 is 2.43 bits per heavy atom. The molecule has 0 radical (unpaired) electrons. The van der Waals surface area contributed by atoms with Gasteiger partial charge in [-0.3, -0.25) is 4.79 Å². The fourth-order valence-electron chi connectivity index (χ4n) is 2.21. The summed E-state index contributed by atoms with van der Waals surface area (Å²) in [7, 11) is 1.49. The number of aliphatic carboxylic acids is 1. The first-order valence-corrected chi connectivity index (χ1v) is 7.64. The Bertz CT molecular complexity index is 570. The zero-order chi connectivity index (χ0) is 17.6. The number of methoxy groups -OCH3 is 1. The summed E-state index contributed by atoms with van der Waals surface area (Å²) >= 11 is 0. The average molecular weight is 323 g/mol. The van der Waals surface area contributed by atoms with Gasteiger partial charge in [0, 0.05) is 5.56 Å². The van der Waals surface area contributed by atoms with Gasteiger partial charge in [-0.2, -0.15) is 0 Å². The lowest BCUT2D eigenvalue weighted by atomic mass is 9.95. The Labute approximate surface area is 136 Å². The lowest BCUT2D eigenvalue weighted by Crippen LogP contribution is -2.52. The molecule has 0 spiro atoms. The van der Waals surface area contributed by atoms with Crippen LogP contribution in [0.15, 0.2) is 18.2 Å². The largest absolute Gasteiger partial charge is 0.493 e. The van der Waals surface area contributed by atoms with Gasteiger partial charge in [0.25, 0.3) is 5.91 Å². The number of benzene rings is 1. The molecule has 0 saturated heterocycles. The van der Waals surface area contributed by atoms with Crippen LogP contribution in [0, 0.1) is 0 Å². The van der Waals surface area contributed by atoms with Crippen LogP contribution >= 0.6 is 0 Å². The van der Waals surface area contributed by atoms with E-state index in [0.717, 1.165) is 0 Å². The van der Waals surface area contributed by atoms with Crippen molar-refractivity contribution in [2.75, 3.05) is 7.11 Å². The summed E-state index contributed by atoms with van der Waals surface area (Å²) in [5.41, 5.74) is -0.979. The summed E-state index contributed by atoms with van der Waals surface area (Å²) in [6.45, 7) is 7.16. The van der Waals surface area contributed by atoms with Gasteiger partial charge in [-0.25, -0.2) is 4.79 Å². The second kappa shape index (κ2) is 7.85. The normalized spacial score (nSPS) is 13.3. The van der Waals surface area contributed by atoms with E-state index in [0.29, 0.717) is 29.9 Å². The molecule has 1 aromatic rings. The molecule has 0 heterocycles. The van der Waals surface area contributed by atoms with Gasteiger partial charge in [0.15, 0.2) is 11.5 Å². The monoisotopic (exact) mass is 323 g/mol. The predicted molar refractivity (Wildman–Crippen MR) is 87.2 cm³/mol. The summed E-state index contributed by atoms with van der Waals surface area (Å²) < 4.78 is 10.8. The minimum atomic E-state index is -1.30. The Kier molecular flexibility index (Phi) is 6.42. The van der Waals surface area contributed by atoms with Gasteiger partial charge in [-0.05, 0) is 45.4 Å². The predicted octanol–water partition coefficient (Wildman–Crippen LogP) is 2.86. The van der Waals surface area contributed by atoms with E-state index in [2.05, 4.69) is 5.32 Å². The van der Waals surface area contributed by atoms with Crippen LogP contribution in [0.4, 0.5) is 0 Å². The molecule has 0 bridgehead atoms. The van der Waals surface area contributed by atoms with Crippen LogP contribution in [-0.4, -0.2) is 35.7 Å². The molecule has 0 saturated carbocycles. The molecule has 2 N–H and O–H groups in total. The highest BCUT2D eigenvalue weighted by atomic mass is 16.5. The van der Waals surface area contributed by atoms with Crippen LogP contribution < -0.4 is 14.8 Å². The molecule has 0 aliphatic carbocycles. The average Bonchev–Trinajstić information content (AvgIpc) is 2.46. The molecule has 1 amide bonds. The first kappa shape index (κ1) is 18.8. The molecule has 1 unspecified atom stereocenters. The fraction of sp³-hybridized carbons (Fsp3) is 0.529. The highest BCUT2D eigenvalue weighted by Gasteiger charge is 2.34. The highest BCUT2D eigenvalue weighted by Crippen LogP contribution is 2.29. The van der Waals surface area contributed by atoms with E-state index in [-0.39, 0.29) is 6.10 Å². The standard InChI is InChI=1S/C17H25NO5/c1-6-9-17(4,16(20)21)18-15(19)12-7-8-13(23-11(2)3)14(10-12)22-5/h7-8,10-11H,6,9H2,1-5H3,(H,18,19)(H,20,21). The topological polar surface area (TPSA) is 84.9 Å². The van der Waals surface area contributed by atoms with Crippen molar-refractivity contribution < 1.29 is 24.2 Å². The number of hydrogen-bond acceptors (Lipinski definition) is 4. The van der Waals surface area contributed by atoms with Gasteiger partial charge in [0.1, 0.15) is 5.54 Å². The third kappa shape index (κ3) is 4.87. The van der Waals surface area contributed by atoms with Crippen molar-refractivity contribution in [3.8, 4) is 11.5 Å². The van der Waals surface area contributed by atoms with Gasteiger partial charge >= 0.3 is 5.97 Å². The maximum atomic E-state index is 12.4. The number of nitrogens with one attached hydrogen (secondary N) is 1. The number of carbonyl (C=O) groups excluding carboxylic acids is 1. The number of hydrogen-bond donors (Lipinski definition) is 2. The zero-order valence-electron chi connectivity index (χ0n) is 14.3. The Balaban J connectivity index is 3.02. The van der Waals surface area contributed by atoms with E-state index in [4.69, 9.17) is 9.47 Å². The Hall–Kier alpha value is -2.24. The molecular weight excluding hydrogens is 298 g/mol. The van der Waals surface area contributed by atoms with Crippen LogP contribution in [0.3, 0.4) is 0 Å². The quantitative estimate of drug-likeness (QED) is 0.768. The summed E-state index contributed by atoms with van der Waals surface area (Å²) in [4.78, 5) is 23.8. The van der Waals surface area contributed by atoms with E-state index in [1.54, 1.807) is 18.2 Å². The minimum Gasteiger partial charge on any atom is -0.493 e. The van der Waals surface area contributed by atoms with Gasteiger partial charge in [0.2, 0.25) is 0 Å². The lowest BCUT2D eigenvalue weighted by Gasteiger charge is -2.26. The van der Waals surface area contributed by atoms with Crippen LogP contribution in [0.2, 0.25) is 0 Å². The SMILES string of the molecule is CCCC(C)(NC(=O)c1ccc(OC(C)C)c(OC)c1)C(=O)O. The van der Waals surface area contributed by atoms with Crippen LogP contribution in [-0.2, 0) is 4.79 Å². The Morgan fingerprint density at radius 1 is 1.30 bits per heavy atom. The first-order valence-electron chi connectivity index (χ1n) is 7.64. The summed E-state index contributed by atoms with van der Waals surface area (Å²) in [6, 6.07) is 4.77. The lowest BCUT2D eigenvalue weighted by molar-refractivity contribution is -0.144. The van der Waals surface area contributed by atoms with E-state index in [1.807, 2.05) is 20.8 Å². The molecule has 0 aliphatic heterocycles. The van der Waals surface area contributed by atoms with Crippen molar-refractivity contribution >= 4 is 11.9 Å². The van der Waals surface area contributed by atoms with Crippen LogP contribution in [0.25, 0.3) is 0 Å². The van der Waals surface area contributed by atoms with Crippen molar-refractivity contribution in [1.29, 1.82) is 0 Å². The summed E-state index contributed by atoms with van der Waals surface area (Å²) in [6.07, 6.45) is 0.969. The van der Waals surface area contributed by atoms with E-state index in [1.165, 1.54) is 14.0 Å². The molecule has 6 heteroatoms. The number of amides is 1. The second-order valence-electron chi connectivity index (χ2n) is 5.87. The Morgan fingerprint density at radius 2 is 1.96 bits per heavy atom. The number of ether oxygens (including phenoxy) is 2. The number of carbonyl (C=O) groups is 2. The third-order valence-electron chi connectivity index (χ3n) is 3.40. The van der Waals surface area contributed by atoms with Crippen molar-refractivity contribution in [3.05, 3.63) is 23.8 Å². The van der Waals surface area contributed by atoms with E-state index in [9.17, 15) is 14.7 Å². The van der Waals surface area contributed by atoms with Gasteiger partial charge in [0.05, 0.1) is 13.2 Å². The molecule has 128 valence electrons. The third-order valence-corrected chi connectivity index (χ3v) is 3.40. The van der Waals surface area contributed by atoms with Crippen molar-refractivity contribution in [3.63, 3.8) is 0 Å². The summed E-state index contributed by atoms with van der Waals surface area (Å²) in [5.74, 6) is -0.551. The molecule has 1 aromatic carbocycles. The van der Waals surface area contributed by atoms with Gasteiger partial charge < -0.3 is 19.9 Å². The molecule has 0 aliphatic rings. The van der Waals surface area contributed by atoms with Gasteiger partial charge in [-0.15, -0.1) is 0 Å². The van der Waals surface area contributed by atoms with E-state index >= 15 is 0 Å². The van der Waals surface area contributed by atoms with Crippen LogP contribution in [0.5, 0.6) is 11.5 Å². The summed E-state index contributed by atoms with van der Waals surface area (Å²) in [5, 5.41) is 11.9. The number of rotatable bonds is 8. The molecule has 0 fully saturated rings. The van der Waals surface area contributed by atoms with E-state index < -0.39 is 17.4 Å². The smallest absolute Gasteiger partial charge is 0.329 e. The second-order valence-corrected chi connectivity index (χ2v) is 5.87. The fourth-order valence-corrected chi connectivity index (χ4v) is 2.21. The van der Waals surface area contributed by atoms with Crippen LogP contribution in [0.1, 0.15) is 50.9 Å². The maximum absolute atomic E-state index is 12.4. The number of carboxylic acids is 1. The molecule has 0 aromatic heterocycles. The zero-order valence-corrected chi connectivity index (χ0v) is 14.3. The van der Waals surface area contributed by atoms with Crippen molar-refractivity contribution in [1.82, 2.24) is 5.32 Å². The molecule has 6 nitrogen and oxygen atoms in total. The molecule has 23 heavy (non-hydrogen) atoms. The minimum absolute atomic E-state index is 0.0246. The van der Waals surface area contributed by atoms with Gasteiger partial charge in [-0.1, -0.05) is 13.3 Å². The number of carboxylic acid groups (broad SMARTS) is 1.